The van der Waals surface area contributed by atoms with Crippen molar-refractivity contribution in [3.05, 3.63) is 60.8 Å². The maximum atomic E-state index is 6.01. The summed E-state index contributed by atoms with van der Waals surface area (Å²) in [7, 11) is 1.63. The van der Waals surface area contributed by atoms with Crippen molar-refractivity contribution in [1.82, 2.24) is 29.8 Å². The van der Waals surface area contributed by atoms with Crippen LogP contribution < -0.4 is 9.47 Å². The summed E-state index contributed by atoms with van der Waals surface area (Å²) in [4.78, 5) is 9.13. The summed E-state index contributed by atoms with van der Waals surface area (Å²) in [5, 5.41) is 14.8. The summed E-state index contributed by atoms with van der Waals surface area (Å²) in [5.41, 5.74) is 1.79. The van der Waals surface area contributed by atoms with Crippen LogP contribution in [0.25, 0.3) is 26.4 Å². The molecule has 0 atom stereocenters. The third kappa shape index (κ3) is 2.91. The van der Waals surface area contributed by atoms with Crippen molar-refractivity contribution in [2.75, 3.05) is 7.11 Å². The molecule has 0 radical (unpaired) electrons. The lowest BCUT2D eigenvalue weighted by Crippen LogP contribution is -2.03. The second kappa shape index (κ2) is 6.86. The summed E-state index contributed by atoms with van der Waals surface area (Å²) in [6.45, 7) is 0.242. The summed E-state index contributed by atoms with van der Waals surface area (Å²) in [6.07, 6.45) is 5.19. The average molecular weight is 390 g/mol. The van der Waals surface area contributed by atoms with E-state index in [9.17, 15) is 0 Å². The molecule has 0 bridgehead atoms. The molecule has 0 aliphatic heterocycles. The van der Waals surface area contributed by atoms with Crippen LogP contribution in [0.5, 0.6) is 11.5 Å². The standard InChI is InChI=1S/C19H14N6O2S/c1-26-13-2-3-14-15(10-13)21-9-6-16(14)27-11-17-22-23-19-25(17)24-18(28-19)12-4-7-20-8-5-12/h2-10H,11H2,1H3. The van der Waals surface area contributed by atoms with Crippen LogP contribution in [0.3, 0.4) is 0 Å². The van der Waals surface area contributed by atoms with Gasteiger partial charge in [-0.3, -0.25) is 9.97 Å². The van der Waals surface area contributed by atoms with Gasteiger partial charge in [0.15, 0.2) is 5.82 Å². The minimum absolute atomic E-state index is 0.242. The third-order valence-electron chi connectivity index (χ3n) is 4.25. The molecule has 1 aromatic carbocycles. The van der Waals surface area contributed by atoms with Crippen LogP contribution in [0.4, 0.5) is 0 Å². The quantitative estimate of drug-likeness (QED) is 0.454. The van der Waals surface area contributed by atoms with E-state index in [1.54, 1.807) is 30.2 Å². The molecule has 5 rings (SSSR count). The van der Waals surface area contributed by atoms with E-state index >= 15 is 0 Å². The maximum absolute atomic E-state index is 6.01. The normalized spacial score (nSPS) is 11.2. The molecule has 138 valence electrons. The van der Waals surface area contributed by atoms with Gasteiger partial charge in [-0.25, -0.2) is 0 Å². The summed E-state index contributed by atoms with van der Waals surface area (Å²) in [5.74, 6) is 2.10. The Hall–Kier alpha value is -3.59. The van der Waals surface area contributed by atoms with Crippen molar-refractivity contribution in [2.45, 2.75) is 6.61 Å². The number of hydrogen-bond acceptors (Lipinski definition) is 8. The molecule has 0 aliphatic carbocycles. The Labute approximate surface area is 163 Å². The van der Waals surface area contributed by atoms with Gasteiger partial charge in [0.1, 0.15) is 23.1 Å². The van der Waals surface area contributed by atoms with Gasteiger partial charge in [-0.15, -0.1) is 10.2 Å². The predicted molar refractivity (Wildman–Crippen MR) is 105 cm³/mol. The lowest BCUT2D eigenvalue weighted by atomic mass is 10.2. The van der Waals surface area contributed by atoms with Crippen molar-refractivity contribution >= 4 is 27.2 Å². The van der Waals surface area contributed by atoms with Crippen LogP contribution in [-0.2, 0) is 6.61 Å². The molecule has 9 heteroatoms. The van der Waals surface area contributed by atoms with Gasteiger partial charge in [-0.2, -0.15) is 9.61 Å². The van der Waals surface area contributed by atoms with Gasteiger partial charge in [0, 0.05) is 35.6 Å². The first kappa shape index (κ1) is 16.6. The number of methoxy groups -OCH3 is 1. The van der Waals surface area contributed by atoms with E-state index in [2.05, 4.69) is 25.3 Å². The molecule has 28 heavy (non-hydrogen) atoms. The van der Waals surface area contributed by atoms with E-state index in [-0.39, 0.29) is 6.61 Å². The topological polar surface area (TPSA) is 87.3 Å². The molecule has 0 N–H and O–H groups in total. The highest BCUT2D eigenvalue weighted by atomic mass is 32.1. The predicted octanol–water partition coefficient (Wildman–Crippen LogP) is 3.38. The first-order valence-corrected chi connectivity index (χ1v) is 9.30. The summed E-state index contributed by atoms with van der Waals surface area (Å²) in [6, 6.07) is 11.3. The largest absolute Gasteiger partial charge is 0.497 e. The fourth-order valence-corrected chi connectivity index (χ4v) is 3.72. The molecule has 5 aromatic rings. The van der Waals surface area contributed by atoms with Crippen LogP contribution in [0, 0.1) is 0 Å². The Bertz CT molecular complexity index is 1270. The van der Waals surface area contributed by atoms with Crippen LogP contribution in [0.15, 0.2) is 55.0 Å². The van der Waals surface area contributed by atoms with Gasteiger partial charge in [0.2, 0.25) is 4.96 Å². The molecule has 0 aliphatic rings. The third-order valence-corrected chi connectivity index (χ3v) is 5.20. The highest BCUT2D eigenvalue weighted by Crippen LogP contribution is 2.28. The first-order chi connectivity index (χ1) is 13.8. The van der Waals surface area contributed by atoms with Crippen molar-refractivity contribution < 1.29 is 9.47 Å². The molecule has 0 saturated heterocycles. The fourth-order valence-electron chi connectivity index (χ4n) is 2.86. The fraction of sp³-hybridized carbons (Fsp3) is 0.105. The van der Waals surface area contributed by atoms with Crippen LogP contribution in [-0.4, -0.2) is 36.9 Å². The number of ether oxygens (including phenoxy) is 2. The van der Waals surface area contributed by atoms with E-state index in [0.29, 0.717) is 11.6 Å². The number of aromatic nitrogens is 6. The Balaban J connectivity index is 1.43. The molecule has 4 heterocycles. The number of fused-ring (bicyclic) bond motifs is 2. The molecule has 0 saturated carbocycles. The van der Waals surface area contributed by atoms with E-state index in [1.807, 2.05) is 36.4 Å². The Morgan fingerprint density at radius 1 is 1.04 bits per heavy atom. The Morgan fingerprint density at radius 2 is 1.93 bits per heavy atom. The van der Waals surface area contributed by atoms with Crippen molar-refractivity contribution in [2.24, 2.45) is 0 Å². The van der Waals surface area contributed by atoms with E-state index in [0.717, 1.165) is 32.2 Å². The number of pyridine rings is 2. The van der Waals surface area contributed by atoms with E-state index in [1.165, 1.54) is 11.3 Å². The highest BCUT2D eigenvalue weighted by Gasteiger charge is 2.14. The van der Waals surface area contributed by atoms with Crippen molar-refractivity contribution in [3.8, 4) is 22.1 Å². The summed E-state index contributed by atoms with van der Waals surface area (Å²) >= 11 is 1.47. The SMILES string of the molecule is COc1ccc2c(OCc3nnc4sc(-c5ccncc5)nn34)ccnc2c1. The molecular weight excluding hydrogens is 376 g/mol. The lowest BCUT2D eigenvalue weighted by Gasteiger charge is -2.08. The van der Waals surface area contributed by atoms with E-state index < -0.39 is 0 Å². The molecule has 0 amide bonds. The van der Waals surface area contributed by atoms with Crippen molar-refractivity contribution in [3.63, 3.8) is 0 Å². The second-order valence-corrected chi connectivity index (χ2v) is 6.89. The Kier molecular flexibility index (Phi) is 4.06. The monoisotopic (exact) mass is 390 g/mol. The highest BCUT2D eigenvalue weighted by molar-refractivity contribution is 7.19. The maximum Gasteiger partial charge on any atom is 0.235 e. The number of hydrogen-bond donors (Lipinski definition) is 0. The van der Waals surface area contributed by atoms with Crippen LogP contribution in [0.2, 0.25) is 0 Å². The lowest BCUT2D eigenvalue weighted by molar-refractivity contribution is 0.296. The molecule has 4 aromatic heterocycles. The zero-order chi connectivity index (χ0) is 18.9. The van der Waals surface area contributed by atoms with Gasteiger partial charge >= 0.3 is 0 Å². The summed E-state index contributed by atoms with van der Waals surface area (Å²) < 4.78 is 13.0. The van der Waals surface area contributed by atoms with Gasteiger partial charge in [-0.05, 0) is 30.3 Å². The zero-order valence-corrected chi connectivity index (χ0v) is 15.6. The van der Waals surface area contributed by atoms with E-state index in [4.69, 9.17) is 9.47 Å². The molecule has 0 spiro atoms. The molecule has 8 nitrogen and oxygen atoms in total. The zero-order valence-electron chi connectivity index (χ0n) is 14.8. The number of rotatable bonds is 5. The minimum atomic E-state index is 0.242. The average Bonchev–Trinajstić information content (AvgIpc) is 3.33. The molecule has 0 unspecified atom stereocenters. The first-order valence-electron chi connectivity index (χ1n) is 8.49. The van der Waals surface area contributed by atoms with Crippen LogP contribution >= 0.6 is 11.3 Å². The van der Waals surface area contributed by atoms with Crippen molar-refractivity contribution in [1.29, 1.82) is 0 Å². The minimum Gasteiger partial charge on any atom is -0.497 e. The molecular formula is C19H14N6O2S. The van der Waals surface area contributed by atoms with Gasteiger partial charge < -0.3 is 9.47 Å². The van der Waals surface area contributed by atoms with Crippen LogP contribution in [0.1, 0.15) is 5.82 Å². The smallest absolute Gasteiger partial charge is 0.235 e. The van der Waals surface area contributed by atoms with Gasteiger partial charge in [0.05, 0.1) is 12.6 Å². The number of nitrogens with zero attached hydrogens (tertiary/aromatic N) is 6. The Morgan fingerprint density at radius 3 is 2.79 bits per heavy atom. The van der Waals surface area contributed by atoms with Gasteiger partial charge in [0.25, 0.3) is 0 Å². The molecule has 0 fully saturated rings. The second-order valence-electron chi connectivity index (χ2n) is 5.93. The van der Waals surface area contributed by atoms with Gasteiger partial charge in [-0.1, -0.05) is 11.3 Å². The number of benzene rings is 1.